The Labute approximate surface area is 136 Å². The SMILES string of the molecule is CCCN(C(=O)CC(C)C)c1nnc(-c2cccc(C)c2)s1. The van der Waals surface area contributed by atoms with E-state index < -0.39 is 0 Å². The monoisotopic (exact) mass is 317 g/mol. The molecule has 0 spiro atoms. The molecular formula is C17H23N3OS. The van der Waals surface area contributed by atoms with Gasteiger partial charge < -0.3 is 0 Å². The van der Waals surface area contributed by atoms with Gasteiger partial charge in [-0.2, -0.15) is 0 Å². The molecule has 0 bridgehead atoms. The minimum atomic E-state index is 0.129. The van der Waals surface area contributed by atoms with E-state index in [1.54, 1.807) is 4.90 Å². The number of carbonyl (C=O) groups excluding carboxylic acids is 1. The van der Waals surface area contributed by atoms with E-state index in [4.69, 9.17) is 0 Å². The molecule has 1 aromatic heterocycles. The van der Waals surface area contributed by atoms with Gasteiger partial charge in [0.15, 0.2) is 0 Å². The van der Waals surface area contributed by atoms with Crippen molar-refractivity contribution in [1.29, 1.82) is 0 Å². The maximum atomic E-state index is 12.4. The van der Waals surface area contributed by atoms with Crippen LogP contribution in [0.2, 0.25) is 0 Å². The third-order valence-corrected chi connectivity index (χ3v) is 4.24. The van der Waals surface area contributed by atoms with Gasteiger partial charge in [-0.05, 0) is 25.3 Å². The number of anilines is 1. The predicted octanol–water partition coefficient (Wildman–Crippen LogP) is 4.30. The van der Waals surface area contributed by atoms with Gasteiger partial charge in [0.05, 0.1) is 0 Å². The first-order chi connectivity index (χ1) is 10.5. The van der Waals surface area contributed by atoms with Crippen LogP contribution in [0.4, 0.5) is 5.13 Å². The van der Waals surface area contributed by atoms with Crippen molar-refractivity contribution in [1.82, 2.24) is 10.2 Å². The molecule has 118 valence electrons. The van der Waals surface area contributed by atoms with Crippen LogP contribution >= 0.6 is 11.3 Å². The zero-order chi connectivity index (χ0) is 16.1. The molecule has 0 fully saturated rings. The lowest BCUT2D eigenvalue weighted by Gasteiger charge is -2.19. The van der Waals surface area contributed by atoms with E-state index >= 15 is 0 Å². The van der Waals surface area contributed by atoms with Crippen LogP contribution in [0.25, 0.3) is 10.6 Å². The molecular weight excluding hydrogens is 294 g/mol. The topological polar surface area (TPSA) is 46.1 Å². The Morgan fingerprint density at radius 2 is 2.09 bits per heavy atom. The molecule has 0 aliphatic heterocycles. The molecule has 2 rings (SSSR count). The van der Waals surface area contributed by atoms with E-state index in [0.717, 1.165) is 17.0 Å². The molecule has 0 atom stereocenters. The second kappa shape index (κ2) is 7.49. The fourth-order valence-corrected chi connectivity index (χ4v) is 3.11. The Balaban J connectivity index is 2.25. The van der Waals surface area contributed by atoms with Crippen LogP contribution < -0.4 is 4.90 Å². The fraction of sp³-hybridized carbons (Fsp3) is 0.471. The summed E-state index contributed by atoms with van der Waals surface area (Å²) in [6.07, 6.45) is 1.45. The summed E-state index contributed by atoms with van der Waals surface area (Å²) in [6.45, 7) is 8.92. The van der Waals surface area contributed by atoms with Crippen molar-refractivity contribution in [2.24, 2.45) is 5.92 Å². The number of benzene rings is 1. The van der Waals surface area contributed by atoms with Crippen molar-refractivity contribution in [2.75, 3.05) is 11.4 Å². The summed E-state index contributed by atoms with van der Waals surface area (Å²) in [7, 11) is 0. The fourth-order valence-electron chi connectivity index (χ4n) is 2.23. The van der Waals surface area contributed by atoms with E-state index in [9.17, 15) is 4.79 Å². The zero-order valence-corrected chi connectivity index (χ0v) is 14.5. The third kappa shape index (κ3) is 4.13. The lowest BCUT2D eigenvalue weighted by Crippen LogP contribution is -2.32. The summed E-state index contributed by atoms with van der Waals surface area (Å²) in [5, 5.41) is 10.1. The van der Waals surface area contributed by atoms with Crippen molar-refractivity contribution in [2.45, 2.75) is 40.5 Å². The van der Waals surface area contributed by atoms with Gasteiger partial charge in [0, 0.05) is 18.5 Å². The number of rotatable bonds is 6. The van der Waals surface area contributed by atoms with Crippen molar-refractivity contribution >= 4 is 22.4 Å². The largest absolute Gasteiger partial charge is 0.287 e. The molecule has 22 heavy (non-hydrogen) atoms. The Morgan fingerprint density at radius 1 is 1.32 bits per heavy atom. The first kappa shape index (κ1) is 16.6. The Hall–Kier alpha value is -1.75. The number of amides is 1. The van der Waals surface area contributed by atoms with Gasteiger partial charge in [-0.3, -0.25) is 9.69 Å². The van der Waals surface area contributed by atoms with Gasteiger partial charge in [-0.25, -0.2) is 0 Å². The van der Waals surface area contributed by atoms with Gasteiger partial charge in [0.25, 0.3) is 0 Å². The Bertz CT molecular complexity index is 636. The Morgan fingerprint density at radius 3 is 2.73 bits per heavy atom. The van der Waals surface area contributed by atoms with E-state index in [1.165, 1.54) is 16.9 Å². The average molecular weight is 317 g/mol. The Kier molecular flexibility index (Phi) is 5.66. The number of carbonyl (C=O) groups is 1. The number of nitrogens with zero attached hydrogens (tertiary/aromatic N) is 3. The minimum absolute atomic E-state index is 0.129. The smallest absolute Gasteiger partial charge is 0.229 e. The highest BCUT2D eigenvalue weighted by Gasteiger charge is 2.20. The highest BCUT2D eigenvalue weighted by molar-refractivity contribution is 7.18. The number of hydrogen-bond donors (Lipinski definition) is 0. The molecule has 2 aromatic rings. The van der Waals surface area contributed by atoms with E-state index in [0.29, 0.717) is 24.0 Å². The second-order valence-corrected chi connectivity index (χ2v) is 6.86. The van der Waals surface area contributed by atoms with Gasteiger partial charge in [-0.15, -0.1) is 10.2 Å². The van der Waals surface area contributed by atoms with Gasteiger partial charge in [0.1, 0.15) is 5.01 Å². The molecule has 1 heterocycles. The molecule has 0 aliphatic carbocycles. The van der Waals surface area contributed by atoms with E-state index in [-0.39, 0.29) is 5.91 Å². The average Bonchev–Trinajstić information content (AvgIpc) is 2.93. The lowest BCUT2D eigenvalue weighted by atomic mass is 10.1. The molecule has 0 N–H and O–H groups in total. The van der Waals surface area contributed by atoms with Crippen LogP contribution in [0.15, 0.2) is 24.3 Å². The highest BCUT2D eigenvalue weighted by Crippen LogP contribution is 2.29. The highest BCUT2D eigenvalue weighted by atomic mass is 32.1. The molecule has 1 amide bonds. The van der Waals surface area contributed by atoms with Crippen molar-refractivity contribution in [3.63, 3.8) is 0 Å². The second-order valence-electron chi connectivity index (χ2n) is 5.90. The molecule has 4 nitrogen and oxygen atoms in total. The van der Waals surface area contributed by atoms with Crippen molar-refractivity contribution in [3.05, 3.63) is 29.8 Å². The summed E-state index contributed by atoms with van der Waals surface area (Å²) in [4.78, 5) is 14.2. The summed E-state index contributed by atoms with van der Waals surface area (Å²) in [5.74, 6) is 0.472. The standard InChI is InChI=1S/C17H23N3OS/c1-5-9-20(15(21)10-12(2)3)17-19-18-16(22-17)14-8-6-7-13(4)11-14/h6-8,11-12H,5,9-10H2,1-4H3. The van der Waals surface area contributed by atoms with Crippen molar-refractivity contribution < 1.29 is 4.79 Å². The summed E-state index contributed by atoms with van der Waals surface area (Å²) < 4.78 is 0. The van der Waals surface area contributed by atoms with Crippen LogP contribution in [0.3, 0.4) is 0 Å². The molecule has 0 saturated heterocycles. The first-order valence-electron chi connectivity index (χ1n) is 7.72. The van der Waals surface area contributed by atoms with E-state index in [1.807, 2.05) is 12.1 Å². The summed E-state index contributed by atoms with van der Waals surface area (Å²) in [6, 6.07) is 8.18. The van der Waals surface area contributed by atoms with Gasteiger partial charge in [0.2, 0.25) is 11.0 Å². The van der Waals surface area contributed by atoms with Crippen LogP contribution in [-0.4, -0.2) is 22.6 Å². The van der Waals surface area contributed by atoms with Crippen LogP contribution in [0.5, 0.6) is 0 Å². The van der Waals surface area contributed by atoms with Crippen LogP contribution in [0.1, 0.15) is 39.2 Å². The quantitative estimate of drug-likeness (QED) is 0.798. The van der Waals surface area contributed by atoms with Gasteiger partial charge >= 0.3 is 0 Å². The summed E-state index contributed by atoms with van der Waals surface area (Å²) >= 11 is 1.48. The minimum Gasteiger partial charge on any atom is -0.287 e. The lowest BCUT2D eigenvalue weighted by molar-refractivity contribution is -0.119. The maximum Gasteiger partial charge on any atom is 0.229 e. The normalized spacial score (nSPS) is 11.0. The summed E-state index contributed by atoms with van der Waals surface area (Å²) in [5.41, 5.74) is 2.24. The molecule has 0 aliphatic rings. The van der Waals surface area contributed by atoms with Crippen LogP contribution in [-0.2, 0) is 4.79 Å². The first-order valence-corrected chi connectivity index (χ1v) is 8.53. The number of hydrogen-bond acceptors (Lipinski definition) is 4. The predicted molar refractivity (Wildman–Crippen MR) is 92.2 cm³/mol. The van der Waals surface area contributed by atoms with E-state index in [2.05, 4.69) is 50.0 Å². The molecule has 0 radical (unpaired) electrons. The van der Waals surface area contributed by atoms with Crippen molar-refractivity contribution in [3.8, 4) is 10.6 Å². The van der Waals surface area contributed by atoms with Gasteiger partial charge in [-0.1, -0.05) is 55.9 Å². The molecule has 5 heteroatoms. The maximum absolute atomic E-state index is 12.4. The number of aromatic nitrogens is 2. The molecule has 0 saturated carbocycles. The molecule has 1 aromatic carbocycles. The molecule has 0 unspecified atom stereocenters. The number of aryl methyl sites for hydroxylation is 1. The van der Waals surface area contributed by atoms with Crippen LogP contribution in [0, 0.1) is 12.8 Å². The third-order valence-electron chi connectivity index (χ3n) is 3.24. The zero-order valence-electron chi connectivity index (χ0n) is 13.7.